The minimum Gasteiger partial charge on any atom is -0.395 e. The van der Waals surface area contributed by atoms with Crippen LogP contribution in [0, 0.1) is 5.82 Å². The van der Waals surface area contributed by atoms with E-state index < -0.39 is 0 Å². The molecule has 0 bridgehead atoms. The standard InChI is InChI=1S/C11H14FNO/c1-13-6-8-2-3-10(12)4-9(8)5-11(13)7-14/h2-4,11,14H,5-7H2,1H3/t11-/m1/s1. The van der Waals surface area contributed by atoms with Gasteiger partial charge in [-0.15, -0.1) is 0 Å². The first-order chi connectivity index (χ1) is 6.70. The quantitative estimate of drug-likeness (QED) is 0.727. The summed E-state index contributed by atoms with van der Waals surface area (Å²) < 4.78 is 12.9. The molecule has 0 spiro atoms. The average Bonchev–Trinajstić information content (AvgIpc) is 2.17. The van der Waals surface area contributed by atoms with Crippen molar-refractivity contribution < 1.29 is 9.50 Å². The van der Waals surface area contributed by atoms with Gasteiger partial charge in [0.25, 0.3) is 0 Å². The Kier molecular flexibility index (Phi) is 2.52. The monoisotopic (exact) mass is 195 g/mol. The molecule has 0 saturated heterocycles. The van der Waals surface area contributed by atoms with Gasteiger partial charge in [0, 0.05) is 12.6 Å². The molecule has 1 heterocycles. The second kappa shape index (κ2) is 3.67. The smallest absolute Gasteiger partial charge is 0.123 e. The highest BCUT2D eigenvalue weighted by molar-refractivity contribution is 5.30. The fourth-order valence-electron chi connectivity index (χ4n) is 1.95. The van der Waals surface area contributed by atoms with Crippen molar-refractivity contribution in [1.82, 2.24) is 4.90 Å². The Morgan fingerprint density at radius 2 is 2.29 bits per heavy atom. The molecule has 0 saturated carbocycles. The summed E-state index contributed by atoms with van der Waals surface area (Å²) in [6, 6.07) is 5.02. The van der Waals surface area contributed by atoms with Crippen LogP contribution in [0.4, 0.5) is 4.39 Å². The van der Waals surface area contributed by atoms with Crippen LogP contribution in [0.15, 0.2) is 18.2 Å². The predicted octanol–water partition coefficient (Wildman–Crippen LogP) is 1.17. The molecule has 0 radical (unpaired) electrons. The zero-order valence-corrected chi connectivity index (χ0v) is 8.20. The molecule has 1 atom stereocenters. The molecule has 76 valence electrons. The number of aliphatic hydroxyl groups excluding tert-OH is 1. The van der Waals surface area contributed by atoms with E-state index in [2.05, 4.69) is 4.90 Å². The second-order valence-corrected chi connectivity index (χ2v) is 3.87. The minimum atomic E-state index is -0.190. The summed E-state index contributed by atoms with van der Waals surface area (Å²) in [6.07, 6.45) is 0.736. The molecule has 1 N–H and O–H groups in total. The number of hydrogen-bond acceptors (Lipinski definition) is 2. The normalized spacial score (nSPS) is 22.1. The zero-order valence-electron chi connectivity index (χ0n) is 8.20. The van der Waals surface area contributed by atoms with Gasteiger partial charge >= 0.3 is 0 Å². The first-order valence-corrected chi connectivity index (χ1v) is 4.79. The number of rotatable bonds is 1. The molecule has 2 nitrogen and oxygen atoms in total. The van der Waals surface area contributed by atoms with Crippen LogP contribution in [0.2, 0.25) is 0 Å². The number of likely N-dealkylation sites (N-methyl/N-ethyl adjacent to an activating group) is 1. The third kappa shape index (κ3) is 1.65. The molecule has 0 fully saturated rings. The molecule has 0 aromatic heterocycles. The van der Waals surface area contributed by atoms with E-state index in [-0.39, 0.29) is 18.5 Å². The average molecular weight is 195 g/mol. The van der Waals surface area contributed by atoms with Gasteiger partial charge in [-0.05, 0) is 36.7 Å². The van der Waals surface area contributed by atoms with E-state index in [4.69, 9.17) is 5.11 Å². The van der Waals surface area contributed by atoms with Crippen LogP contribution < -0.4 is 0 Å². The van der Waals surface area contributed by atoms with Crippen molar-refractivity contribution in [3.63, 3.8) is 0 Å². The number of halogens is 1. The summed E-state index contributed by atoms with van der Waals surface area (Å²) >= 11 is 0. The maximum atomic E-state index is 12.9. The maximum Gasteiger partial charge on any atom is 0.123 e. The summed E-state index contributed by atoms with van der Waals surface area (Å²) in [5.41, 5.74) is 2.20. The highest BCUT2D eigenvalue weighted by Gasteiger charge is 2.22. The Morgan fingerprint density at radius 1 is 1.50 bits per heavy atom. The van der Waals surface area contributed by atoms with Crippen LogP contribution in [0.1, 0.15) is 11.1 Å². The fraction of sp³-hybridized carbons (Fsp3) is 0.455. The Morgan fingerprint density at radius 3 is 3.00 bits per heavy atom. The van der Waals surface area contributed by atoms with Gasteiger partial charge < -0.3 is 5.11 Å². The largest absolute Gasteiger partial charge is 0.395 e. The van der Waals surface area contributed by atoms with Gasteiger partial charge in [0.15, 0.2) is 0 Å². The van der Waals surface area contributed by atoms with Crippen molar-refractivity contribution in [2.75, 3.05) is 13.7 Å². The highest BCUT2D eigenvalue weighted by Crippen LogP contribution is 2.22. The Labute approximate surface area is 83.0 Å². The third-order valence-electron chi connectivity index (χ3n) is 2.88. The van der Waals surface area contributed by atoms with Crippen molar-refractivity contribution >= 4 is 0 Å². The Hall–Kier alpha value is -0.930. The van der Waals surface area contributed by atoms with E-state index in [1.807, 2.05) is 13.1 Å². The van der Waals surface area contributed by atoms with E-state index in [1.54, 1.807) is 6.07 Å². The molecular weight excluding hydrogens is 181 g/mol. The molecule has 0 unspecified atom stereocenters. The molecule has 1 aromatic rings. The first-order valence-electron chi connectivity index (χ1n) is 4.79. The van der Waals surface area contributed by atoms with Crippen molar-refractivity contribution in [3.05, 3.63) is 35.1 Å². The topological polar surface area (TPSA) is 23.5 Å². The summed E-state index contributed by atoms with van der Waals surface area (Å²) in [5.74, 6) is -0.190. The van der Waals surface area contributed by atoms with Crippen LogP contribution in [-0.4, -0.2) is 29.7 Å². The van der Waals surface area contributed by atoms with Crippen LogP contribution in [0.5, 0.6) is 0 Å². The molecule has 3 heteroatoms. The Bertz CT molecular complexity index is 340. The molecule has 2 rings (SSSR count). The van der Waals surface area contributed by atoms with Crippen LogP contribution in [0.3, 0.4) is 0 Å². The Balaban J connectivity index is 2.31. The summed E-state index contributed by atoms with van der Waals surface area (Å²) in [5, 5.41) is 9.12. The van der Waals surface area contributed by atoms with Gasteiger partial charge in [0.1, 0.15) is 5.82 Å². The van der Waals surface area contributed by atoms with Crippen molar-refractivity contribution in [2.45, 2.75) is 19.0 Å². The molecule has 1 aliphatic heterocycles. The SMILES string of the molecule is CN1Cc2ccc(F)cc2C[C@@H]1CO. The van der Waals surface area contributed by atoms with E-state index >= 15 is 0 Å². The van der Waals surface area contributed by atoms with Gasteiger partial charge in [-0.1, -0.05) is 6.07 Å². The van der Waals surface area contributed by atoms with Gasteiger partial charge in [-0.3, -0.25) is 4.90 Å². The number of fused-ring (bicyclic) bond motifs is 1. The molecule has 0 amide bonds. The van der Waals surface area contributed by atoms with Crippen molar-refractivity contribution in [2.24, 2.45) is 0 Å². The lowest BCUT2D eigenvalue weighted by Gasteiger charge is -2.32. The lowest BCUT2D eigenvalue weighted by atomic mass is 9.95. The van der Waals surface area contributed by atoms with E-state index in [9.17, 15) is 4.39 Å². The first kappa shape index (κ1) is 9.62. The molecule has 1 aliphatic rings. The summed E-state index contributed by atoms with van der Waals surface area (Å²) in [4.78, 5) is 2.10. The number of nitrogens with zero attached hydrogens (tertiary/aromatic N) is 1. The van der Waals surface area contributed by atoms with Crippen LogP contribution in [-0.2, 0) is 13.0 Å². The maximum absolute atomic E-state index is 12.9. The number of benzene rings is 1. The summed E-state index contributed by atoms with van der Waals surface area (Å²) in [7, 11) is 1.98. The van der Waals surface area contributed by atoms with E-state index in [1.165, 1.54) is 11.6 Å². The van der Waals surface area contributed by atoms with Gasteiger partial charge in [0.05, 0.1) is 6.61 Å². The van der Waals surface area contributed by atoms with Crippen molar-refractivity contribution in [3.8, 4) is 0 Å². The second-order valence-electron chi connectivity index (χ2n) is 3.87. The minimum absolute atomic E-state index is 0.129. The van der Waals surface area contributed by atoms with Crippen molar-refractivity contribution in [1.29, 1.82) is 0 Å². The summed E-state index contributed by atoms with van der Waals surface area (Å²) in [6.45, 7) is 0.924. The van der Waals surface area contributed by atoms with Crippen LogP contribution >= 0.6 is 0 Å². The number of hydrogen-bond donors (Lipinski definition) is 1. The fourth-order valence-corrected chi connectivity index (χ4v) is 1.95. The molecule has 1 aromatic carbocycles. The molecule has 0 aliphatic carbocycles. The highest BCUT2D eigenvalue weighted by atomic mass is 19.1. The third-order valence-corrected chi connectivity index (χ3v) is 2.88. The zero-order chi connectivity index (χ0) is 10.1. The predicted molar refractivity (Wildman–Crippen MR) is 52.4 cm³/mol. The van der Waals surface area contributed by atoms with Gasteiger partial charge in [-0.2, -0.15) is 0 Å². The lowest BCUT2D eigenvalue weighted by molar-refractivity contribution is 0.131. The van der Waals surface area contributed by atoms with E-state index in [0.717, 1.165) is 18.5 Å². The molecular formula is C11H14FNO. The number of aliphatic hydroxyl groups is 1. The molecule has 14 heavy (non-hydrogen) atoms. The van der Waals surface area contributed by atoms with Gasteiger partial charge in [0.2, 0.25) is 0 Å². The lowest BCUT2D eigenvalue weighted by Crippen LogP contribution is -2.39. The van der Waals surface area contributed by atoms with Crippen LogP contribution in [0.25, 0.3) is 0 Å². The van der Waals surface area contributed by atoms with E-state index in [0.29, 0.717) is 0 Å². The van der Waals surface area contributed by atoms with Gasteiger partial charge in [-0.25, -0.2) is 4.39 Å².